The van der Waals surface area contributed by atoms with E-state index in [2.05, 4.69) is 38.2 Å². The second kappa shape index (κ2) is 25.2. The van der Waals surface area contributed by atoms with Gasteiger partial charge in [0.25, 0.3) is 0 Å². The number of carbonyl (C=O) groups excluding carboxylic acids is 4. The van der Waals surface area contributed by atoms with E-state index < -0.39 is 11.9 Å². The SMILES string of the molecule is CC/C=C/CCCC(=O)N(C)CCC(=O)[O-].CC/C=C/CCCC(=O)N(C)CCC(=O)[O-].[Ca+2]. The van der Waals surface area contributed by atoms with Crippen LogP contribution >= 0.6 is 0 Å². The number of carboxylic acids is 2. The first-order valence-corrected chi connectivity index (χ1v) is 11.3. The summed E-state index contributed by atoms with van der Waals surface area (Å²) in [5, 5.41) is 20.4. The van der Waals surface area contributed by atoms with Crippen molar-refractivity contribution in [1.82, 2.24) is 9.80 Å². The fraction of sp³-hybridized carbons (Fsp3) is 0.667. The van der Waals surface area contributed by atoms with Crippen molar-refractivity contribution < 1.29 is 29.4 Å². The zero-order valence-corrected chi connectivity index (χ0v) is 23.1. The van der Waals surface area contributed by atoms with Crippen LogP contribution in [0.1, 0.15) is 78.1 Å². The molecule has 0 atom stereocenters. The molecule has 184 valence electrons. The third-order valence-corrected chi connectivity index (χ3v) is 4.48. The molecule has 0 saturated carbocycles. The molecule has 9 heteroatoms. The number of nitrogens with zero attached hydrogens (tertiary/aromatic N) is 2. The molecule has 8 nitrogen and oxygen atoms in total. The van der Waals surface area contributed by atoms with Gasteiger partial charge in [-0.25, -0.2) is 0 Å². The topological polar surface area (TPSA) is 121 Å². The number of hydrogen-bond donors (Lipinski definition) is 0. The van der Waals surface area contributed by atoms with E-state index in [0.717, 1.165) is 38.5 Å². The minimum Gasteiger partial charge on any atom is -0.550 e. The first kappa shape index (κ1) is 36.2. The zero-order chi connectivity index (χ0) is 24.8. The van der Waals surface area contributed by atoms with Crippen LogP contribution in [0.2, 0.25) is 0 Å². The Labute approximate surface area is 229 Å². The van der Waals surface area contributed by atoms with E-state index in [1.807, 2.05) is 0 Å². The number of amides is 2. The largest absolute Gasteiger partial charge is 2.00 e. The van der Waals surface area contributed by atoms with Gasteiger partial charge >= 0.3 is 37.7 Å². The third-order valence-electron chi connectivity index (χ3n) is 4.48. The van der Waals surface area contributed by atoms with Crippen LogP contribution in [0.15, 0.2) is 24.3 Å². The van der Waals surface area contributed by atoms with Crippen molar-refractivity contribution in [3.63, 3.8) is 0 Å². The molecule has 2 amide bonds. The summed E-state index contributed by atoms with van der Waals surface area (Å²) in [7, 11) is 3.24. The molecular weight excluding hydrogens is 452 g/mol. The van der Waals surface area contributed by atoms with E-state index in [1.54, 1.807) is 14.1 Å². The average molecular weight is 493 g/mol. The molecule has 0 spiro atoms. The number of rotatable bonds is 16. The predicted octanol–water partition coefficient (Wildman–Crippen LogP) is 1.06. The summed E-state index contributed by atoms with van der Waals surface area (Å²) < 4.78 is 0. The van der Waals surface area contributed by atoms with Gasteiger partial charge in [-0.15, -0.1) is 0 Å². The molecule has 0 aliphatic rings. The van der Waals surface area contributed by atoms with Crippen molar-refractivity contribution in [2.24, 2.45) is 0 Å². The standard InChI is InChI=1S/2C12H21NO3.Ca/c2*1-3-4-5-6-7-8-11(14)13(2)10-9-12(15)16;/h2*4-5H,3,6-10H2,1-2H3,(H,15,16);/q;;+2/p-2/b2*5-4+;. The van der Waals surface area contributed by atoms with E-state index in [9.17, 15) is 29.4 Å². The molecule has 0 bridgehead atoms. The minimum absolute atomic E-state index is 0. The maximum Gasteiger partial charge on any atom is 2.00 e. The summed E-state index contributed by atoms with van der Waals surface area (Å²) in [5.74, 6) is -2.26. The van der Waals surface area contributed by atoms with Crippen molar-refractivity contribution in [3.05, 3.63) is 24.3 Å². The predicted molar refractivity (Wildman–Crippen MR) is 127 cm³/mol. The van der Waals surface area contributed by atoms with Crippen LogP contribution in [0.3, 0.4) is 0 Å². The number of hydrogen-bond acceptors (Lipinski definition) is 6. The molecule has 0 fully saturated rings. The Morgan fingerprint density at radius 1 is 0.636 bits per heavy atom. The zero-order valence-electron chi connectivity index (χ0n) is 20.8. The van der Waals surface area contributed by atoms with Gasteiger partial charge in [0.2, 0.25) is 11.8 Å². The van der Waals surface area contributed by atoms with Gasteiger partial charge < -0.3 is 29.6 Å². The second-order valence-corrected chi connectivity index (χ2v) is 7.42. The Balaban J connectivity index is -0.000000529. The van der Waals surface area contributed by atoms with Crippen LogP contribution < -0.4 is 10.2 Å². The van der Waals surface area contributed by atoms with Crippen LogP contribution in [0.4, 0.5) is 0 Å². The summed E-state index contributed by atoms with van der Waals surface area (Å²) in [5.41, 5.74) is 0. The Bertz CT molecular complexity index is 556. The molecule has 0 aromatic heterocycles. The van der Waals surface area contributed by atoms with Crippen LogP contribution in [-0.4, -0.2) is 98.5 Å². The van der Waals surface area contributed by atoms with Gasteiger partial charge in [-0.05, 0) is 38.5 Å². The van der Waals surface area contributed by atoms with Gasteiger partial charge in [0.1, 0.15) is 0 Å². The van der Waals surface area contributed by atoms with Gasteiger partial charge in [-0.2, -0.15) is 0 Å². The second-order valence-electron chi connectivity index (χ2n) is 7.42. The minimum atomic E-state index is -1.12. The van der Waals surface area contributed by atoms with Crippen molar-refractivity contribution in [3.8, 4) is 0 Å². The Kier molecular flexibility index (Phi) is 27.7. The van der Waals surface area contributed by atoms with E-state index in [0.29, 0.717) is 12.8 Å². The van der Waals surface area contributed by atoms with Crippen molar-refractivity contribution >= 4 is 61.5 Å². The van der Waals surface area contributed by atoms with Crippen LogP contribution in [-0.2, 0) is 19.2 Å². The molecule has 0 aromatic rings. The van der Waals surface area contributed by atoms with Gasteiger partial charge in [0, 0.05) is 64.8 Å². The Hall–Kier alpha value is -1.38. The summed E-state index contributed by atoms with van der Waals surface area (Å²) >= 11 is 0. The normalized spacial score (nSPS) is 10.3. The molecule has 0 aliphatic carbocycles. The monoisotopic (exact) mass is 492 g/mol. The van der Waals surface area contributed by atoms with E-state index >= 15 is 0 Å². The smallest absolute Gasteiger partial charge is 0.550 e. The first-order valence-electron chi connectivity index (χ1n) is 11.3. The molecule has 0 aliphatic heterocycles. The fourth-order valence-electron chi connectivity index (χ4n) is 2.46. The quantitative estimate of drug-likeness (QED) is 0.180. The van der Waals surface area contributed by atoms with E-state index in [1.165, 1.54) is 9.80 Å². The van der Waals surface area contributed by atoms with E-state index in [-0.39, 0.29) is 75.5 Å². The number of carboxylic acid groups (broad SMARTS) is 2. The Morgan fingerprint density at radius 2 is 0.970 bits per heavy atom. The molecule has 33 heavy (non-hydrogen) atoms. The maximum absolute atomic E-state index is 11.5. The number of aliphatic carboxylic acids is 2. The number of carbonyl (C=O) groups is 4. The van der Waals surface area contributed by atoms with Crippen LogP contribution in [0, 0.1) is 0 Å². The van der Waals surface area contributed by atoms with Crippen LogP contribution in [0.5, 0.6) is 0 Å². The summed E-state index contributed by atoms with van der Waals surface area (Å²) in [6.45, 7) is 4.59. The fourth-order valence-corrected chi connectivity index (χ4v) is 2.46. The molecule has 0 aromatic carbocycles. The molecule has 0 N–H and O–H groups in total. The molecule has 0 radical (unpaired) electrons. The molecule has 0 rings (SSSR count). The Morgan fingerprint density at radius 3 is 1.24 bits per heavy atom. The average Bonchev–Trinajstić information content (AvgIpc) is 2.75. The molecule has 0 heterocycles. The number of allylic oxidation sites excluding steroid dienone is 4. The molecular formula is C24H40CaN2O6. The van der Waals surface area contributed by atoms with Gasteiger partial charge in [0.05, 0.1) is 0 Å². The van der Waals surface area contributed by atoms with Crippen molar-refractivity contribution in [2.75, 3.05) is 27.2 Å². The molecule has 0 saturated heterocycles. The summed E-state index contributed by atoms with van der Waals surface area (Å²) in [6.07, 6.45) is 14.5. The van der Waals surface area contributed by atoms with E-state index in [4.69, 9.17) is 0 Å². The maximum atomic E-state index is 11.5. The third kappa shape index (κ3) is 26.8. The first-order chi connectivity index (χ1) is 15.1. The van der Waals surface area contributed by atoms with Gasteiger partial charge in [-0.1, -0.05) is 38.2 Å². The number of unbranched alkanes of at least 4 members (excludes halogenated alkanes) is 2. The van der Waals surface area contributed by atoms with Gasteiger partial charge in [0.15, 0.2) is 0 Å². The van der Waals surface area contributed by atoms with Crippen LogP contribution in [0.25, 0.3) is 0 Å². The van der Waals surface area contributed by atoms with Crippen molar-refractivity contribution in [1.29, 1.82) is 0 Å². The summed E-state index contributed by atoms with van der Waals surface area (Å²) in [4.78, 5) is 46.2. The molecule has 0 unspecified atom stereocenters. The van der Waals surface area contributed by atoms with Crippen molar-refractivity contribution in [2.45, 2.75) is 78.1 Å². The van der Waals surface area contributed by atoms with Gasteiger partial charge in [-0.3, -0.25) is 9.59 Å². The summed E-state index contributed by atoms with van der Waals surface area (Å²) in [6, 6.07) is 0.